The number of nitrogens with zero attached hydrogens (tertiary/aromatic N) is 2. The Labute approximate surface area is 160 Å². The molecule has 8 nitrogen and oxygen atoms in total. The molecule has 4 fully saturated rings. The molecule has 5 aliphatic rings. The maximum Gasteiger partial charge on any atom is 0.265 e. The molecule has 5 aliphatic heterocycles. The van der Waals surface area contributed by atoms with Crippen LogP contribution in [0.25, 0.3) is 0 Å². The third kappa shape index (κ3) is 2.39. The molecule has 2 N–H and O–H groups in total. The van der Waals surface area contributed by atoms with Crippen LogP contribution in [0, 0.1) is 5.82 Å². The minimum Gasteiger partial charge on any atom is -0.363 e. The number of piperidine rings is 3. The highest BCUT2D eigenvalue weighted by Gasteiger charge is 2.47. The highest BCUT2D eigenvalue weighted by molar-refractivity contribution is 6.24. The predicted octanol–water partition coefficient (Wildman–Crippen LogP) is 0.168. The number of hydrogen-bond donors (Lipinski definition) is 2. The number of piperazine rings is 1. The van der Waals surface area contributed by atoms with Crippen molar-refractivity contribution in [3.05, 3.63) is 29.1 Å². The number of imide groups is 2. The highest BCUT2D eigenvalue weighted by atomic mass is 19.1. The minimum absolute atomic E-state index is 0.0292. The second-order valence-corrected chi connectivity index (χ2v) is 7.76. The molecule has 0 saturated carbocycles. The zero-order valence-electron chi connectivity index (χ0n) is 15.0. The van der Waals surface area contributed by atoms with E-state index in [0.29, 0.717) is 12.2 Å². The summed E-state index contributed by atoms with van der Waals surface area (Å²) in [6.07, 6.45) is 2.06. The molecule has 9 heteroatoms. The van der Waals surface area contributed by atoms with Gasteiger partial charge in [-0.25, -0.2) is 4.39 Å². The number of halogens is 1. The van der Waals surface area contributed by atoms with Gasteiger partial charge in [0.05, 0.1) is 16.8 Å². The summed E-state index contributed by atoms with van der Waals surface area (Å²) >= 11 is 0. The van der Waals surface area contributed by atoms with Crippen molar-refractivity contribution in [2.75, 3.05) is 18.0 Å². The summed E-state index contributed by atoms with van der Waals surface area (Å²) in [6, 6.07) is 2.36. The Morgan fingerprint density at radius 2 is 1.86 bits per heavy atom. The Bertz CT molecular complexity index is 925. The maximum absolute atomic E-state index is 15.4. The Hall–Kier alpha value is -2.81. The summed E-state index contributed by atoms with van der Waals surface area (Å²) in [6.45, 7) is 1.41. The van der Waals surface area contributed by atoms with Gasteiger partial charge in [0.25, 0.3) is 11.8 Å². The van der Waals surface area contributed by atoms with Gasteiger partial charge in [-0.15, -0.1) is 0 Å². The van der Waals surface area contributed by atoms with E-state index in [1.54, 1.807) is 6.07 Å². The minimum atomic E-state index is -1.09. The first-order valence-corrected chi connectivity index (χ1v) is 9.50. The van der Waals surface area contributed by atoms with Crippen LogP contribution in [0.5, 0.6) is 0 Å². The van der Waals surface area contributed by atoms with Gasteiger partial charge in [-0.05, 0) is 31.4 Å². The van der Waals surface area contributed by atoms with Crippen molar-refractivity contribution in [3.63, 3.8) is 0 Å². The van der Waals surface area contributed by atoms with E-state index in [4.69, 9.17) is 0 Å². The second-order valence-electron chi connectivity index (χ2n) is 7.76. The Kier molecular flexibility index (Phi) is 3.77. The summed E-state index contributed by atoms with van der Waals surface area (Å²) in [4.78, 5) is 51.9. The van der Waals surface area contributed by atoms with Gasteiger partial charge in [0.2, 0.25) is 11.8 Å². The molecular weight excluding hydrogens is 367 g/mol. The lowest BCUT2D eigenvalue weighted by atomic mass is 9.92. The van der Waals surface area contributed by atoms with E-state index in [1.165, 1.54) is 6.07 Å². The van der Waals surface area contributed by atoms with Crippen LogP contribution in [0.3, 0.4) is 0 Å². The molecule has 0 radical (unpaired) electrons. The number of carbonyl (C=O) groups excluding carboxylic acids is 4. The first-order chi connectivity index (χ1) is 13.5. The zero-order valence-corrected chi connectivity index (χ0v) is 15.0. The molecule has 4 amide bonds. The number of rotatable bonds is 2. The fourth-order valence-corrected chi connectivity index (χ4v) is 4.73. The van der Waals surface area contributed by atoms with E-state index in [2.05, 4.69) is 10.6 Å². The van der Waals surface area contributed by atoms with Crippen LogP contribution in [-0.4, -0.2) is 59.7 Å². The van der Waals surface area contributed by atoms with Crippen LogP contribution >= 0.6 is 0 Å². The monoisotopic (exact) mass is 386 g/mol. The van der Waals surface area contributed by atoms with E-state index >= 15 is 4.39 Å². The lowest BCUT2D eigenvalue weighted by molar-refractivity contribution is -0.136. The van der Waals surface area contributed by atoms with Gasteiger partial charge in [0, 0.05) is 31.6 Å². The van der Waals surface area contributed by atoms with Crippen LogP contribution in [0.4, 0.5) is 10.1 Å². The van der Waals surface area contributed by atoms with Crippen LogP contribution in [-0.2, 0) is 9.59 Å². The van der Waals surface area contributed by atoms with Gasteiger partial charge in [0.1, 0.15) is 6.04 Å². The molecule has 4 saturated heterocycles. The van der Waals surface area contributed by atoms with Gasteiger partial charge >= 0.3 is 0 Å². The quantitative estimate of drug-likeness (QED) is 0.703. The molecule has 146 valence electrons. The summed E-state index contributed by atoms with van der Waals surface area (Å²) in [5.41, 5.74) is 0.0130. The van der Waals surface area contributed by atoms with Crippen molar-refractivity contribution in [3.8, 4) is 0 Å². The summed E-state index contributed by atoms with van der Waals surface area (Å²) in [5, 5.41) is 5.54. The molecule has 0 spiro atoms. The standard InChI is InChI=1S/C19H19FN4O4/c20-16-12(23-8-9-1-2-10(23)7-21-9)4-3-11-15(16)19(28)24(18(11)27)13-5-6-14(25)22-17(13)26/h3-4,9-10,13,21H,1-2,5-8H2,(H,22,25,26). The molecule has 6 rings (SSSR count). The Morgan fingerprint density at radius 3 is 2.50 bits per heavy atom. The topological polar surface area (TPSA) is 98.8 Å². The molecular formula is C19H19FN4O4. The Morgan fingerprint density at radius 1 is 1.04 bits per heavy atom. The lowest BCUT2D eigenvalue weighted by Crippen LogP contribution is -2.61. The summed E-state index contributed by atoms with van der Waals surface area (Å²) in [5.74, 6) is -3.36. The number of hydrogen-bond acceptors (Lipinski definition) is 6. The SMILES string of the molecule is O=C1CCC(N2C(=O)c3ccc(N4CC5CCC4CN5)c(F)c3C2=O)C(=O)N1. The molecule has 1 aromatic rings. The van der Waals surface area contributed by atoms with E-state index < -0.39 is 35.5 Å². The fraction of sp³-hybridized carbons (Fsp3) is 0.474. The molecule has 2 bridgehead atoms. The first-order valence-electron chi connectivity index (χ1n) is 9.50. The molecule has 3 unspecified atom stereocenters. The Balaban J connectivity index is 1.50. The van der Waals surface area contributed by atoms with Crippen molar-refractivity contribution in [1.29, 1.82) is 0 Å². The van der Waals surface area contributed by atoms with Crippen molar-refractivity contribution < 1.29 is 23.6 Å². The smallest absolute Gasteiger partial charge is 0.265 e. The molecule has 0 aliphatic carbocycles. The maximum atomic E-state index is 15.4. The van der Waals surface area contributed by atoms with Crippen LogP contribution in [0.2, 0.25) is 0 Å². The number of anilines is 1. The number of fused-ring (bicyclic) bond motifs is 4. The molecule has 1 aromatic carbocycles. The summed E-state index contributed by atoms with van der Waals surface area (Å²) in [7, 11) is 0. The van der Waals surface area contributed by atoms with Crippen molar-refractivity contribution in [2.45, 2.75) is 43.8 Å². The third-order valence-corrected chi connectivity index (χ3v) is 6.18. The van der Waals surface area contributed by atoms with Gasteiger partial charge in [-0.1, -0.05) is 0 Å². The van der Waals surface area contributed by atoms with Gasteiger partial charge in [0.15, 0.2) is 5.82 Å². The lowest BCUT2D eigenvalue weighted by Gasteiger charge is -2.47. The number of nitrogens with one attached hydrogen (secondary N) is 2. The average molecular weight is 386 g/mol. The van der Waals surface area contributed by atoms with Gasteiger partial charge in [-0.2, -0.15) is 0 Å². The van der Waals surface area contributed by atoms with E-state index in [9.17, 15) is 19.2 Å². The van der Waals surface area contributed by atoms with Crippen molar-refractivity contribution >= 4 is 29.3 Å². The fourth-order valence-electron chi connectivity index (χ4n) is 4.73. The third-order valence-electron chi connectivity index (χ3n) is 6.18. The number of benzene rings is 1. The number of carbonyl (C=O) groups is 4. The van der Waals surface area contributed by atoms with Crippen LogP contribution in [0.1, 0.15) is 46.4 Å². The largest absolute Gasteiger partial charge is 0.363 e. The van der Waals surface area contributed by atoms with Gasteiger partial charge < -0.3 is 10.2 Å². The van der Waals surface area contributed by atoms with E-state index in [-0.39, 0.29) is 36.1 Å². The normalized spacial score (nSPS) is 29.4. The van der Waals surface area contributed by atoms with E-state index in [0.717, 1.165) is 24.3 Å². The molecule has 0 aromatic heterocycles. The average Bonchev–Trinajstić information content (AvgIpc) is 2.94. The number of amides is 4. The molecule has 5 heterocycles. The zero-order chi connectivity index (χ0) is 19.6. The van der Waals surface area contributed by atoms with Crippen LogP contribution < -0.4 is 15.5 Å². The van der Waals surface area contributed by atoms with Crippen LogP contribution in [0.15, 0.2) is 12.1 Å². The van der Waals surface area contributed by atoms with Crippen molar-refractivity contribution in [1.82, 2.24) is 15.5 Å². The van der Waals surface area contributed by atoms with Crippen molar-refractivity contribution in [2.24, 2.45) is 0 Å². The molecule has 28 heavy (non-hydrogen) atoms. The summed E-state index contributed by atoms with van der Waals surface area (Å²) < 4.78 is 15.4. The van der Waals surface area contributed by atoms with E-state index in [1.807, 2.05) is 4.90 Å². The predicted molar refractivity (Wildman–Crippen MR) is 95.2 cm³/mol. The first kappa shape index (κ1) is 17.3. The highest BCUT2D eigenvalue weighted by Crippen LogP contribution is 2.36. The second kappa shape index (κ2) is 6.10. The molecule has 3 atom stereocenters. The van der Waals surface area contributed by atoms with Gasteiger partial charge in [-0.3, -0.25) is 29.4 Å².